The van der Waals surface area contributed by atoms with E-state index in [1.165, 1.54) is 9.75 Å². The highest BCUT2D eigenvalue weighted by molar-refractivity contribution is 7.11. The molecule has 0 aliphatic rings. The first-order valence-electron chi connectivity index (χ1n) is 6.68. The van der Waals surface area contributed by atoms with Gasteiger partial charge in [-0.1, -0.05) is 11.6 Å². The minimum atomic E-state index is -0.105. The first-order valence-corrected chi connectivity index (χ1v) is 7.49. The van der Waals surface area contributed by atoms with Crippen molar-refractivity contribution in [1.29, 1.82) is 0 Å². The molecule has 2 aromatic rings. The van der Waals surface area contributed by atoms with Crippen LogP contribution in [0.3, 0.4) is 0 Å². The van der Waals surface area contributed by atoms with Gasteiger partial charge in [-0.05, 0) is 45.0 Å². The maximum Gasteiger partial charge on any atom is 0.253 e. The molecule has 0 saturated carbocycles. The van der Waals surface area contributed by atoms with Crippen LogP contribution in [0.5, 0.6) is 0 Å². The number of carbonyl (C=O) groups excluding carboxylic acids is 1. The van der Waals surface area contributed by atoms with Gasteiger partial charge in [0.2, 0.25) is 0 Å². The Labute approximate surface area is 123 Å². The fourth-order valence-corrected chi connectivity index (χ4v) is 3.14. The molecule has 4 heteroatoms. The monoisotopic (exact) mass is 288 g/mol. The topological polar surface area (TPSA) is 55.1 Å². The second kappa shape index (κ2) is 6.09. The molecule has 106 valence electrons. The standard InChI is InChI=1S/C16H20N2OS/c1-10-4-7-15(17)14(8-10)16(19)18-11(2)9-13-6-5-12(3)20-13/h4-8,11H,9,17H2,1-3H3,(H,18,19). The van der Waals surface area contributed by atoms with Crippen molar-refractivity contribution in [2.45, 2.75) is 33.2 Å². The predicted molar refractivity (Wildman–Crippen MR) is 85.3 cm³/mol. The number of carbonyl (C=O) groups is 1. The fraction of sp³-hybridized carbons (Fsp3) is 0.312. The van der Waals surface area contributed by atoms with Crippen molar-refractivity contribution in [3.63, 3.8) is 0 Å². The van der Waals surface area contributed by atoms with Gasteiger partial charge < -0.3 is 11.1 Å². The second-order valence-electron chi connectivity index (χ2n) is 5.18. The Morgan fingerprint density at radius 3 is 2.70 bits per heavy atom. The van der Waals surface area contributed by atoms with E-state index in [1.54, 1.807) is 17.4 Å². The molecule has 0 aliphatic carbocycles. The summed E-state index contributed by atoms with van der Waals surface area (Å²) in [5.74, 6) is -0.105. The van der Waals surface area contributed by atoms with Crippen LogP contribution in [0.4, 0.5) is 5.69 Å². The molecule has 1 atom stereocenters. The number of hydrogen-bond donors (Lipinski definition) is 2. The molecule has 0 spiro atoms. The molecule has 2 rings (SSSR count). The number of benzene rings is 1. The van der Waals surface area contributed by atoms with Gasteiger partial charge in [-0.3, -0.25) is 4.79 Å². The van der Waals surface area contributed by atoms with E-state index >= 15 is 0 Å². The van der Waals surface area contributed by atoms with Crippen LogP contribution in [0.2, 0.25) is 0 Å². The van der Waals surface area contributed by atoms with Gasteiger partial charge in [0, 0.05) is 27.9 Å². The van der Waals surface area contributed by atoms with Crippen molar-refractivity contribution in [2.24, 2.45) is 0 Å². The van der Waals surface area contributed by atoms with Gasteiger partial charge in [-0.15, -0.1) is 11.3 Å². The second-order valence-corrected chi connectivity index (χ2v) is 6.55. The lowest BCUT2D eigenvalue weighted by atomic mass is 10.1. The fourth-order valence-electron chi connectivity index (χ4n) is 2.12. The zero-order valence-corrected chi connectivity index (χ0v) is 12.9. The molecular formula is C16H20N2OS. The number of amides is 1. The number of aryl methyl sites for hydroxylation is 2. The Morgan fingerprint density at radius 2 is 2.05 bits per heavy atom. The van der Waals surface area contributed by atoms with Crippen LogP contribution in [0.15, 0.2) is 30.3 Å². The number of rotatable bonds is 4. The zero-order chi connectivity index (χ0) is 14.7. The van der Waals surface area contributed by atoms with E-state index in [4.69, 9.17) is 5.73 Å². The van der Waals surface area contributed by atoms with Crippen LogP contribution in [0.1, 0.15) is 32.6 Å². The van der Waals surface area contributed by atoms with E-state index < -0.39 is 0 Å². The number of nitrogens with one attached hydrogen (secondary N) is 1. The molecule has 3 nitrogen and oxygen atoms in total. The van der Waals surface area contributed by atoms with Crippen LogP contribution in [0.25, 0.3) is 0 Å². The third-order valence-electron chi connectivity index (χ3n) is 3.13. The van der Waals surface area contributed by atoms with Crippen molar-refractivity contribution in [3.05, 3.63) is 51.2 Å². The summed E-state index contributed by atoms with van der Waals surface area (Å²) in [6.45, 7) is 6.05. The number of nitrogen functional groups attached to an aromatic ring is 1. The summed E-state index contributed by atoms with van der Waals surface area (Å²) in [5.41, 5.74) is 7.97. The number of nitrogens with two attached hydrogens (primary N) is 1. The predicted octanol–water partition coefficient (Wildman–Crippen LogP) is 3.31. The average Bonchev–Trinajstić information content (AvgIpc) is 2.77. The highest BCUT2D eigenvalue weighted by atomic mass is 32.1. The van der Waals surface area contributed by atoms with Crippen LogP contribution in [0, 0.1) is 13.8 Å². The minimum absolute atomic E-state index is 0.0838. The molecular weight excluding hydrogens is 268 g/mol. The summed E-state index contributed by atoms with van der Waals surface area (Å²) in [7, 11) is 0. The van der Waals surface area contributed by atoms with Gasteiger partial charge >= 0.3 is 0 Å². The number of thiophene rings is 1. The van der Waals surface area contributed by atoms with Crippen molar-refractivity contribution in [1.82, 2.24) is 5.32 Å². The van der Waals surface area contributed by atoms with Gasteiger partial charge in [0.15, 0.2) is 0 Å². The Kier molecular flexibility index (Phi) is 4.45. The molecule has 1 amide bonds. The Bertz CT molecular complexity index is 619. The lowest BCUT2D eigenvalue weighted by Gasteiger charge is -2.14. The van der Waals surface area contributed by atoms with E-state index in [2.05, 4.69) is 24.4 Å². The van der Waals surface area contributed by atoms with Crippen molar-refractivity contribution < 1.29 is 4.79 Å². The molecule has 1 unspecified atom stereocenters. The molecule has 0 fully saturated rings. The summed E-state index contributed by atoms with van der Waals surface area (Å²) in [5, 5.41) is 3.01. The van der Waals surface area contributed by atoms with Gasteiger partial charge in [-0.25, -0.2) is 0 Å². The minimum Gasteiger partial charge on any atom is -0.398 e. The van der Waals surface area contributed by atoms with Gasteiger partial charge in [-0.2, -0.15) is 0 Å². The van der Waals surface area contributed by atoms with Crippen LogP contribution < -0.4 is 11.1 Å². The molecule has 3 N–H and O–H groups in total. The quantitative estimate of drug-likeness (QED) is 0.848. The van der Waals surface area contributed by atoms with Crippen LogP contribution >= 0.6 is 11.3 Å². The van der Waals surface area contributed by atoms with E-state index in [9.17, 15) is 4.79 Å². The van der Waals surface area contributed by atoms with Gasteiger partial charge in [0.05, 0.1) is 5.56 Å². The maximum atomic E-state index is 12.2. The molecule has 1 heterocycles. The summed E-state index contributed by atoms with van der Waals surface area (Å²) in [4.78, 5) is 14.8. The van der Waals surface area contributed by atoms with E-state index in [1.807, 2.05) is 26.0 Å². The molecule has 0 aliphatic heterocycles. The Morgan fingerprint density at radius 1 is 1.30 bits per heavy atom. The van der Waals surface area contributed by atoms with Crippen molar-refractivity contribution in [3.8, 4) is 0 Å². The lowest BCUT2D eigenvalue weighted by Crippen LogP contribution is -2.34. The smallest absolute Gasteiger partial charge is 0.253 e. The first kappa shape index (κ1) is 14.6. The SMILES string of the molecule is Cc1ccc(N)c(C(=O)NC(C)Cc2ccc(C)s2)c1. The summed E-state index contributed by atoms with van der Waals surface area (Å²) in [6.07, 6.45) is 0.843. The van der Waals surface area contributed by atoms with Crippen LogP contribution in [-0.2, 0) is 6.42 Å². The summed E-state index contributed by atoms with van der Waals surface area (Å²) >= 11 is 1.77. The van der Waals surface area contributed by atoms with E-state index in [0.29, 0.717) is 11.3 Å². The summed E-state index contributed by atoms with van der Waals surface area (Å²) < 4.78 is 0. The lowest BCUT2D eigenvalue weighted by molar-refractivity contribution is 0.0941. The molecule has 1 aromatic heterocycles. The van der Waals surface area contributed by atoms with Crippen molar-refractivity contribution >= 4 is 22.9 Å². The van der Waals surface area contributed by atoms with Crippen molar-refractivity contribution in [2.75, 3.05) is 5.73 Å². The largest absolute Gasteiger partial charge is 0.398 e. The number of anilines is 1. The van der Waals surface area contributed by atoms with Gasteiger partial charge in [0.25, 0.3) is 5.91 Å². The van der Waals surface area contributed by atoms with E-state index in [-0.39, 0.29) is 11.9 Å². The average molecular weight is 288 g/mol. The molecule has 0 saturated heterocycles. The molecule has 20 heavy (non-hydrogen) atoms. The third kappa shape index (κ3) is 3.61. The summed E-state index contributed by atoms with van der Waals surface area (Å²) in [6, 6.07) is 9.81. The third-order valence-corrected chi connectivity index (χ3v) is 4.16. The zero-order valence-electron chi connectivity index (χ0n) is 12.1. The highest BCUT2D eigenvalue weighted by Gasteiger charge is 2.13. The normalized spacial score (nSPS) is 12.2. The Hall–Kier alpha value is -1.81. The first-order chi connectivity index (χ1) is 9.45. The number of hydrogen-bond acceptors (Lipinski definition) is 3. The van der Waals surface area contributed by atoms with Crippen LogP contribution in [-0.4, -0.2) is 11.9 Å². The highest BCUT2D eigenvalue weighted by Crippen LogP contribution is 2.18. The molecule has 0 radical (unpaired) electrons. The maximum absolute atomic E-state index is 12.2. The van der Waals surface area contributed by atoms with Gasteiger partial charge in [0.1, 0.15) is 0 Å². The Balaban J connectivity index is 2.02. The molecule has 1 aromatic carbocycles. The molecule has 0 bridgehead atoms. The van der Waals surface area contributed by atoms with E-state index in [0.717, 1.165) is 12.0 Å².